The van der Waals surface area contributed by atoms with Gasteiger partial charge in [0.05, 0.1) is 38.3 Å². The molecule has 154 valence electrons. The van der Waals surface area contributed by atoms with Crippen LogP contribution in [0.25, 0.3) is 5.57 Å². The van der Waals surface area contributed by atoms with Crippen molar-refractivity contribution in [2.45, 2.75) is 20.5 Å². The molecule has 0 spiro atoms. The van der Waals surface area contributed by atoms with Crippen molar-refractivity contribution >= 4 is 28.9 Å². The minimum Gasteiger partial charge on any atom is -0.503 e. The van der Waals surface area contributed by atoms with Gasteiger partial charge in [-0.1, -0.05) is 35.0 Å². The minimum absolute atomic E-state index is 0.158. The molecule has 0 saturated heterocycles. The van der Waals surface area contributed by atoms with Crippen molar-refractivity contribution in [3.05, 3.63) is 69.9 Å². The Kier molecular flexibility index (Phi) is 8.09. The summed E-state index contributed by atoms with van der Waals surface area (Å²) in [5.41, 5.74) is 4.08. The van der Waals surface area contributed by atoms with E-state index >= 15 is 0 Å². The number of methoxy groups -OCH3 is 3. The molecule has 0 saturated carbocycles. The molecule has 2 aromatic carbocycles. The lowest BCUT2D eigenvalue weighted by Crippen LogP contribution is -2.08. The standard InChI is InChI=1S/C22H24ClNO5/c1-14-7-6-8-18(20(12-26-3)22(25)28-5)19(14)13-29-24-15(2)17-10-9-16(27-4)11-21(17)23/h6-12H,13H2,1-5H3/b20-12+,24-15+. The molecule has 29 heavy (non-hydrogen) atoms. The maximum absolute atomic E-state index is 12.2. The molecule has 0 heterocycles. The maximum atomic E-state index is 12.2. The molecular weight excluding hydrogens is 394 g/mol. The zero-order chi connectivity index (χ0) is 21.4. The van der Waals surface area contributed by atoms with Gasteiger partial charge in [-0.05, 0) is 43.2 Å². The Morgan fingerprint density at radius 2 is 1.90 bits per heavy atom. The highest BCUT2D eigenvalue weighted by molar-refractivity contribution is 6.34. The molecule has 0 atom stereocenters. The Morgan fingerprint density at radius 1 is 1.14 bits per heavy atom. The number of ether oxygens (including phenoxy) is 3. The van der Waals surface area contributed by atoms with Crippen LogP contribution in [-0.2, 0) is 25.7 Å². The van der Waals surface area contributed by atoms with Crippen LogP contribution in [0.15, 0.2) is 47.8 Å². The number of hydrogen-bond acceptors (Lipinski definition) is 6. The Morgan fingerprint density at radius 3 is 2.52 bits per heavy atom. The monoisotopic (exact) mass is 417 g/mol. The second kappa shape index (κ2) is 10.5. The van der Waals surface area contributed by atoms with Crippen molar-refractivity contribution in [1.82, 2.24) is 0 Å². The zero-order valence-corrected chi connectivity index (χ0v) is 17.9. The van der Waals surface area contributed by atoms with E-state index < -0.39 is 5.97 Å². The van der Waals surface area contributed by atoms with E-state index in [0.29, 0.717) is 27.6 Å². The van der Waals surface area contributed by atoms with E-state index in [2.05, 4.69) is 5.16 Å². The van der Waals surface area contributed by atoms with E-state index in [4.69, 9.17) is 30.6 Å². The fraction of sp³-hybridized carbons (Fsp3) is 0.273. The molecule has 0 aromatic heterocycles. The first-order valence-electron chi connectivity index (χ1n) is 8.83. The first-order chi connectivity index (χ1) is 13.9. The highest BCUT2D eigenvalue weighted by atomic mass is 35.5. The van der Waals surface area contributed by atoms with E-state index in [-0.39, 0.29) is 6.61 Å². The highest BCUT2D eigenvalue weighted by Crippen LogP contribution is 2.26. The van der Waals surface area contributed by atoms with Gasteiger partial charge in [0.15, 0.2) is 0 Å². The summed E-state index contributed by atoms with van der Waals surface area (Å²) in [6.45, 7) is 3.89. The predicted octanol–water partition coefficient (Wildman–Crippen LogP) is 4.76. The Hall–Kier alpha value is -2.99. The quantitative estimate of drug-likeness (QED) is 0.204. The molecule has 0 N–H and O–H groups in total. The van der Waals surface area contributed by atoms with Gasteiger partial charge in [0.2, 0.25) is 0 Å². The average molecular weight is 418 g/mol. The van der Waals surface area contributed by atoms with Gasteiger partial charge in [0, 0.05) is 11.1 Å². The van der Waals surface area contributed by atoms with Gasteiger partial charge in [0.1, 0.15) is 17.9 Å². The molecule has 2 rings (SSSR count). The number of hydrogen-bond donors (Lipinski definition) is 0. The third-order valence-corrected chi connectivity index (χ3v) is 4.63. The number of carbonyl (C=O) groups excluding carboxylic acids is 1. The SMILES string of the molecule is CO/C=C(/C(=O)OC)c1cccc(C)c1CO/N=C(\C)c1ccc(OC)cc1Cl. The van der Waals surface area contributed by atoms with Crippen LogP contribution in [0.4, 0.5) is 0 Å². The molecule has 0 amide bonds. The molecule has 2 aromatic rings. The smallest absolute Gasteiger partial charge is 0.341 e. The van der Waals surface area contributed by atoms with Gasteiger partial charge in [0.25, 0.3) is 0 Å². The summed E-state index contributed by atoms with van der Waals surface area (Å²) in [6.07, 6.45) is 1.36. The third-order valence-electron chi connectivity index (χ3n) is 4.32. The predicted molar refractivity (Wildman–Crippen MR) is 113 cm³/mol. The molecule has 0 bridgehead atoms. The van der Waals surface area contributed by atoms with E-state index in [1.54, 1.807) is 26.2 Å². The van der Waals surface area contributed by atoms with Gasteiger partial charge >= 0.3 is 5.97 Å². The lowest BCUT2D eigenvalue weighted by atomic mass is 9.97. The molecule has 0 radical (unpaired) electrons. The average Bonchev–Trinajstić information content (AvgIpc) is 2.72. The van der Waals surface area contributed by atoms with Crippen molar-refractivity contribution in [3.8, 4) is 5.75 Å². The minimum atomic E-state index is -0.497. The second-order valence-electron chi connectivity index (χ2n) is 6.16. The van der Waals surface area contributed by atoms with Gasteiger partial charge < -0.3 is 19.0 Å². The molecule has 0 aliphatic carbocycles. The number of halogens is 1. The fourth-order valence-electron chi connectivity index (χ4n) is 2.75. The van der Waals surface area contributed by atoms with Crippen LogP contribution >= 0.6 is 11.6 Å². The number of oxime groups is 1. The summed E-state index contributed by atoms with van der Waals surface area (Å²) in [7, 11) is 4.38. The van der Waals surface area contributed by atoms with E-state index in [1.165, 1.54) is 20.5 Å². The topological polar surface area (TPSA) is 66.4 Å². The summed E-state index contributed by atoms with van der Waals surface area (Å²) in [4.78, 5) is 17.7. The molecule has 6 nitrogen and oxygen atoms in total. The van der Waals surface area contributed by atoms with Crippen LogP contribution in [0, 0.1) is 6.92 Å². The molecule has 0 aliphatic heterocycles. The second-order valence-corrected chi connectivity index (χ2v) is 6.56. The number of nitrogens with zero attached hydrogens (tertiary/aromatic N) is 1. The number of carbonyl (C=O) groups is 1. The van der Waals surface area contributed by atoms with E-state index in [9.17, 15) is 4.79 Å². The lowest BCUT2D eigenvalue weighted by Gasteiger charge is -2.14. The van der Waals surface area contributed by atoms with Gasteiger partial charge in [-0.25, -0.2) is 4.79 Å². The van der Waals surface area contributed by atoms with Crippen molar-refractivity contribution < 1.29 is 23.8 Å². The van der Waals surface area contributed by atoms with Gasteiger partial charge in [-0.2, -0.15) is 0 Å². The molecule has 0 fully saturated rings. The van der Waals surface area contributed by atoms with Crippen LogP contribution in [-0.4, -0.2) is 33.0 Å². The zero-order valence-electron chi connectivity index (χ0n) is 17.1. The summed E-state index contributed by atoms with van der Waals surface area (Å²) in [5.74, 6) is 0.167. The number of esters is 1. The van der Waals surface area contributed by atoms with Crippen LogP contribution in [0.5, 0.6) is 5.75 Å². The molecular formula is C22H24ClNO5. The largest absolute Gasteiger partial charge is 0.503 e. The van der Waals surface area contributed by atoms with E-state index in [0.717, 1.165) is 16.7 Å². The highest BCUT2D eigenvalue weighted by Gasteiger charge is 2.18. The molecule has 7 heteroatoms. The summed E-state index contributed by atoms with van der Waals surface area (Å²) in [5, 5.41) is 4.70. The normalized spacial score (nSPS) is 11.8. The molecule has 0 unspecified atom stereocenters. The van der Waals surface area contributed by atoms with Gasteiger partial charge in [-0.3, -0.25) is 0 Å². The van der Waals surface area contributed by atoms with Crippen molar-refractivity contribution in [3.63, 3.8) is 0 Å². The van der Waals surface area contributed by atoms with Crippen molar-refractivity contribution in [2.24, 2.45) is 5.16 Å². The molecule has 0 aliphatic rings. The van der Waals surface area contributed by atoms with Crippen molar-refractivity contribution in [2.75, 3.05) is 21.3 Å². The van der Waals surface area contributed by atoms with Crippen molar-refractivity contribution in [1.29, 1.82) is 0 Å². The first kappa shape index (κ1) is 22.3. The lowest BCUT2D eigenvalue weighted by molar-refractivity contribution is -0.133. The Balaban J connectivity index is 2.28. The van der Waals surface area contributed by atoms with Crippen LogP contribution in [0.3, 0.4) is 0 Å². The Bertz CT molecular complexity index is 937. The third kappa shape index (κ3) is 5.51. The number of aryl methyl sites for hydroxylation is 1. The van der Waals surface area contributed by atoms with Crippen LogP contribution < -0.4 is 4.74 Å². The summed E-state index contributed by atoms with van der Waals surface area (Å²) >= 11 is 6.29. The van der Waals surface area contributed by atoms with Gasteiger partial charge in [-0.15, -0.1) is 0 Å². The number of rotatable bonds is 8. The maximum Gasteiger partial charge on any atom is 0.341 e. The van der Waals surface area contributed by atoms with Crippen LogP contribution in [0.2, 0.25) is 5.02 Å². The van der Waals surface area contributed by atoms with E-state index in [1.807, 2.05) is 31.2 Å². The summed E-state index contributed by atoms with van der Waals surface area (Å²) in [6, 6.07) is 10.9. The first-order valence-corrected chi connectivity index (χ1v) is 9.21. The number of benzene rings is 2. The Labute approximate surface area is 175 Å². The summed E-state index contributed by atoms with van der Waals surface area (Å²) < 4.78 is 15.1. The van der Waals surface area contributed by atoms with Crippen LogP contribution in [0.1, 0.15) is 29.2 Å². The fourth-order valence-corrected chi connectivity index (χ4v) is 3.06.